The normalized spacial score (nSPS) is 13.6. The molecular weight excluding hydrogens is 1370 g/mol. The quantitative estimate of drug-likeness (QED) is 0.0467. The van der Waals surface area contributed by atoms with Crippen LogP contribution in [0.25, 0.3) is 44.2 Å². The van der Waals surface area contributed by atoms with Gasteiger partial charge in [0.1, 0.15) is 68.7 Å². The number of methoxy groups -OCH3 is 8. The van der Waals surface area contributed by atoms with E-state index in [0.29, 0.717) is 108 Å². The Morgan fingerprint density at radius 1 is 0.459 bits per heavy atom. The largest absolute Gasteiger partial charge is 2.00 e. The number of aryl methyl sites for hydroxylation is 4. The topological polar surface area (TPSA) is 191 Å². The Morgan fingerprint density at radius 2 is 0.837 bits per heavy atom. The van der Waals surface area contributed by atoms with Gasteiger partial charge in [0, 0.05) is 60.9 Å². The standard InChI is InChI=1S/C44H58O8P.C32H33O8P.CHO.CH3.Rh/c1-41(2,3)33-21-25(46-13)17-29(37(33)45)30-18-26(47-14)22-34(42(4,5)6)38(30)50-53-51-39-31(19-27(48-15)23-35(39)43(7,8)9)32-20-28(49-16)24-36(40(32)52-53)44(10,11)12;1-17-9-21(34-5)13-25(29(17)33)26-14-22(35-6)10-18(2)30(26)38-41-39-31-19(3)11-23(36-7)15-27(31)28-16-24(37-8)12-20(4)32(28)40-41;1-2;;/h17-24,29,53H,1-16H3;9-16,33H,1-8H3;1H;1H3;/q+1;;2*-1;+2. The zero-order valence-electron chi connectivity index (χ0n) is 61.2. The zero-order chi connectivity index (χ0) is 70.8. The van der Waals surface area contributed by atoms with Gasteiger partial charge in [-0.05, 0) is 169 Å². The maximum Gasteiger partial charge on any atom is 2.00 e. The van der Waals surface area contributed by atoms with E-state index in [4.69, 9.17) is 69.2 Å². The molecule has 1 aliphatic carbocycles. The second-order valence-corrected chi connectivity index (χ2v) is 29.8. The molecular formula is C78H95O17P2Rh+. The van der Waals surface area contributed by atoms with E-state index in [1.54, 1.807) is 69.0 Å². The van der Waals surface area contributed by atoms with E-state index >= 15 is 0 Å². The number of fused-ring (bicyclic) bond motifs is 6. The molecule has 0 amide bonds. The number of allylic oxidation sites excluding steroid dienone is 3. The molecule has 0 spiro atoms. The van der Waals surface area contributed by atoms with E-state index in [9.17, 15) is 9.90 Å². The van der Waals surface area contributed by atoms with Crippen molar-refractivity contribution in [1.82, 2.24) is 0 Å². The van der Waals surface area contributed by atoms with Gasteiger partial charge in [-0.1, -0.05) is 83.1 Å². The Morgan fingerprint density at radius 3 is 1.26 bits per heavy atom. The second-order valence-electron chi connectivity index (χ2n) is 27.7. The van der Waals surface area contributed by atoms with Crippen molar-refractivity contribution in [2.75, 3.05) is 56.9 Å². The van der Waals surface area contributed by atoms with Gasteiger partial charge in [-0.3, -0.25) is 25.2 Å². The van der Waals surface area contributed by atoms with Gasteiger partial charge in [0.25, 0.3) is 0 Å². The van der Waals surface area contributed by atoms with Crippen molar-refractivity contribution in [3.05, 3.63) is 160 Å². The summed E-state index contributed by atoms with van der Waals surface area (Å²) in [6, 6.07) is 26.8. The van der Waals surface area contributed by atoms with Crippen LogP contribution in [-0.2, 0) is 50.0 Å². The fourth-order valence-corrected chi connectivity index (χ4v) is 14.2. The van der Waals surface area contributed by atoms with Crippen LogP contribution in [0.2, 0.25) is 0 Å². The van der Waals surface area contributed by atoms with Gasteiger partial charge in [-0.2, -0.15) is 0 Å². The van der Waals surface area contributed by atoms with Crippen molar-refractivity contribution >= 4 is 51.4 Å². The van der Waals surface area contributed by atoms with E-state index < -0.39 is 33.6 Å². The van der Waals surface area contributed by atoms with Crippen molar-refractivity contribution in [2.24, 2.45) is 5.41 Å². The van der Waals surface area contributed by atoms with Crippen molar-refractivity contribution in [3.8, 4) is 91.2 Å². The summed E-state index contributed by atoms with van der Waals surface area (Å²) in [5.41, 5.74) is 9.70. The Hall–Kier alpha value is -8.29. The monoisotopic (exact) mass is 1470 g/mol. The smallest absolute Gasteiger partial charge is 0.545 e. The first kappa shape index (κ1) is 78.7. The zero-order valence-corrected chi connectivity index (χ0v) is 64.7. The molecule has 0 saturated heterocycles. The van der Waals surface area contributed by atoms with Gasteiger partial charge >= 0.3 is 36.3 Å². The molecule has 0 saturated carbocycles. The summed E-state index contributed by atoms with van der Waals surface area (Å²) in [4.78, 5) is 22.3. The first-order valence-corrected chi connectivity index (χ1v) is 33.6. The third-order valence-electron chi connectivity index (χ3n) is 16.8. The molecule has 20 heteroatoms. The molecule has 1 unspecified atom stereocenters. The average Bonchev–Trinajstić information content (AvgIpc) is 1.43. The molecule has 2 aliphatic rings. The SMILES string of the molecule is COC1=CC(c2cc(OC)cc(C(C)(C)C)c2O[PH+]2Oc3c(cc(OC)cc3C(C)(C)C)-c3cc(OC)cc(C(C)(C)C)c3O2)C(=O)C(C(C)(C)C)=C1.COc1cc(C)c(O)c(-c2cc(OC)cc(C)c2Op2oc3c(C)cc(OC)cc3c3cc(OC)cc(C)c3o2)c1.[CH-]=O.[CH3-].[Rh+2]. The van der Waals surface area contributed by atoms with Gasteiger partial charge < -0.3 is 68.1 Å². The molecule has 0 bridgehead atoms. The van der Waals surface area contributed by atoms with Crippen molar-refractivity contribution in [3.63, 3.8) is 0 Å². The van der Waals surface area contributed by atoms with Crippen molar-refractivity contribution in [1.29, 1.82) is 0 Å². The van der Waals surface area contributed by atoms with Crippen LogP contribution in [-0.4, -0.2) is 74.6 Å². The van der Waals surface area contributed by atoms with Gasteiger partial charge in [0.15, 0.2) is 23.0 Å². The molecule has 527 valence electrons. The van der Waals surface area contributed by atoms with Crippen LogP contribution in [0.4, 0.5) is 0 Å². The minimum atomic E-state index is -2.70. The van der Waals surface area contributed by atoms with Crippen LogP contribution in [0.1, 0.15) is 134 Å². The van der Waals surface area contributed by atoms with Crippen LogP contribution >= 0.6 is 16.8 Å². The molecule has 1 atom stereocenters. The third kappa shape index (κ3) is 16.5. The first-order chi connectivity index (χ1) is 45.2. The van der Waals surface area contributed by atoms with E-state index in [0.717, 1.165) is 55.3 Å². The Bertz CT molecular complexity index is 4220. The minimum absolute atomic E-state index is 0. The molecule has 1 radical (unpaired) electrons. The average molecular weight is 1470 g/mol. The van der Waals surface area contributed by atoms with E-state index in [1.807, 2.05) is 133 Å². The van der Waals surface area contributed by atoms with Crippen LogP contribution in [0.15, 0.2) is 117 Å². The molecule has 1 N–H and O–H groups in total. The molecule has 98 heavy (non-hydrogen) atoms. The number of ether oxygens (including phenoxy) is 8. The Kier molecular flexibility index (Phi) is 25.1. The number of benzene rings is 7. The number of Topliss-reactive ketones (excluding diaryl/α,β-unsaturated/α-hetero) is 1. The van der Waals surface area contributed by atoms with Crippen molar-refractivity contribution < 1.29 is 98.6 Å². The summed E-state index contributed by atoms with van der Waals surface area (Å²) < 4.78 is 86.4. The summed E-state index contributed by atoms with van der Waals surface area (Å²) in [6.45, 7) is 36.2. The minimum Gasteiger partial charge on any atom is -0.545 e. The summed E-state index contributed by atoms with van der Waals surface area (Å²) >= 11 is 0. The maximum absolute atomic E-state index is 14.5. The van der Waals surface area contributed by atoms with Crippen LogP contribution in [0.5, 0.6) is 69.0 Å². The predicted octanol–water partition coefficient (Wildman–Crippen LogP) is 20.2. The number of aromatic hydroxyl groups is 1. The Labute approximate surface area is 593 Å². The van der Waals surface area contributed by atoms with E-state index in [1.165, 1.54) is 0 Å². The fraction of sp³-hybridized carbons (Fsp3) is 0.372. The summed E-state index contributed by atoms with van der Waals surface area (Å²) in [5, 5.41) is 12.7. The molecule has 7 aromatic carbocycles. The number of hydrogen-bond donors (Lipinski definition) is 1. The van der Waals surface area contributed by atoms with Crippen molar-refractivity contribution in [2.45, 2.75) is 133 Å². The molecule has 17 nitrogen and oxygen atoms in total. The molecule has 10 rings (SSSR count). The number of ketones is 1. The number of hydrogen-bond acceptors (Lipinski definition) is 17. The second kappa shape index (κ2) is 31.3. The van der Waals surface area contributed by atoms with Gasteiger partial charge in [0.2, 0.25) is 0 Å². The molecule has 1 aromatic heterocycles. The van der Waals surface area contributed by atoms with Gasteiger partial charge in [0.05, 0.1) is 62.8 Å². The maximum atomic E-state index is 14.5. The van der Waals surface area contributed by atoms with Crippen LogP contribution in [0, 0.1) is 40.5 Å². The van der Waals surface area contributed by atoms with Crippen LogP contribution in [0.3, 0.4) is 0 Å². The third-order valence-corrected chi connectivity index (χ3v) is 18.9. The number of phenolic OH excluding ortho intramolecular Hbond substituents is 1. The predicted molar refractivity (Wildman–Crippen MR) is 389 cm³/mol. The first-order valence-electron chi connectivity index (χ1n) is 31.3. The van der Waals surface area contributed by atoms with E-state index in [-0.39, 0.29) is 49.3 Å². The van der Waals surface area contributed by atoms with E-state index in [2.05, 4.69) is 69.1 Å². The fourth-order valence-electron chi connectivity index (χ4n) is 11.6. The summed E-state index contributed by atoms with van der Waals surface area (Å²) in [6.07, 6.45) is 3.70. The number of carbonyl (C=O) groups is 1. The molecule has 2 heterocycles. The number of carbonyl (C=O) groups excluding carboxylic acids is 2. The van der Waals surface area contributed by atoms with Gasteiger partial charge in [-0.25, -0.2) is 0 Å². The van der Waals surface area contributed by atoms with Crippen LogP contribution < -0.4 is 51.3 Å². The Balaban J connectivity index is 0.000000304. The number of phenols is 1. The summed E-state index contributed by atoms with van der Waals surface area (Å²) in [5.74, 6) is 6.91. The number of rotatable bonds is 14. The molecule has 1 aliphatic heterocycles. The summed E-state index contributed by atoms with van der Waals surface area (Å²) in [7, 11) is 8.33. The molecule has 0 fully saturated rings. The molecule has 8 aromatic rings. The van der Waals surface area contributed by atoms with Gasteiger partial charge in [-0.15, -0.1) is 0 Å².